The maximum Gasteiger partial charge on any atom is 0.133 e. The number of nitrogens with two attached hydrogens (primary N) is 1. The zero-order valence-electron chi connectivity index (χ0n) is 8.27. The highest BCUT2D eigenvalue weighted by molar-refractivity contribution is 5.02. The van der Waals surface area contributed by atoms with E-state index in [-0.39, 0.29) is 12.1 Å². The predicted molar refractivity (Wildman–Crippen MR) is 49.4 cm³/mol. The van der Waals surface area contributed by atoms with Crippen LogP contribution in [0.4, 0.5) is 0 Å². The molecule has 0 amide bonds. The van der Waals surface area contributed by atoms with Gasteiger partial charge in [0.15, 0.2) is 0 Å². The molecule has 2 unspecified atom stereocenters. The van der Waals surface area contributed by atoms with E-state index in [9.17, 15) is 0 Å². The topological polar surface area (TPSA) is 74.2 Å². The number of nitrogens with zero attached hydrogens (tertiary/aromatic N) is 2. The maximum atomic E-state index is 5.87. The van der Waals surface area contributed by atoms with Crippen molar-refractivity contribution in [3.8, 4) is 0 Å². The molecule has 1 aromatic heterocycles. The molecule has 0 aromatic carbocycles. The third-order valence-electron chi connectivity index (χ3n) is 2.68. The first kappa shape index (κ1) is 9.61. The Balaban J connectivity index is 1.85. The van der Waals surface area contributed by atoms with Gasteiger partial charge in [0.25, 0.3) is 0 Å². The van der Waals surface area contributed by atoms with Crippen LogP contribution in [0.2, 0.25) is 0 Å². The van der Waals surface area contributed by atoms with E-state index >= 15 is 0 Å². The standard InChI is InChI=1S/C9H15N3O2/c1-6-8(12-14-11-6)5-13-9-4-2-3-7(9)10/h7,9H,2-5,10H2,1H3. The van der Waals surface area contributed by atoms with Crippen molar-refractivity contribution < 1.29 is 9.37 Å². The normalized spacial score (nSPS) is 27.0. The molecular weight excluding hydrogens is 182 g/mol. The number of ether oxygens (including phenoxy) is 1. The lowest BCUT2D eigenvalue weighted by molar-refractivity contribution is 0.0323. The van der Waals surface area contributed by atoms with E-state index in [2.05, 4.69) is 14.9 Å². The number of hydrogen-bond donors (Lipinski definition) is 1. The number of hydrogen-bond acceptors (Lipinski definition) is 5. The second kappa shape index (κ2) is 4.06. The smallest absolute Gasteiger partial charge is 0.133 e. The lowest BCUT2D eigenvalue weighted by Gasteiger charge is -2.15. The summed E-state index contributed by atoms with van der Waals surface area (Å²) in [5.41, 5.74) is 7.43. The van der Waals surface area contributed by atoms with Gasteiger partial charge < -0.3 is 10.5 Å². The van der Waals surface area contributed by atoms with Crippen molar-refractivity contribution in [1.82, 2.24) is 10.3 Å². The van der Waals surface area contributed by atoms with Crippen LogP contribution in [0.25, 0.3) is 0 Å². The molecule has 2 atom stereocenters. The minimum Gasteiger partial charge on any atom is -0.370 e. The molecule has 1 saturated carbocycles. The summed E-state index contributed by atoms with van der Waals surface area (Å²) >= 11 is 0. The van der Waals surface area contributed by atoms with Crippen LogP contribution < -0.4 is 5.73 Å². The monoisotopic (exact) mass is 197 g/mol. The van der Waals surface area contributed by atoms with E-state index in [4.69, 9.17) is 10.5 Å². The Morgan fingerprint density at radius 2 is 2.36 bits per heavy atom. The van der Waals surface area contributed by atoms with Gasteiger partial charge in [0.2, 0.25) is 0 Å². The van der Waals surface area contributed by atoms with E-state index in [0.717, 1.165) is 30.7 Å². The zero-order valence-corrected chi connectivity index (χ0v) is 8.27. The fourth-order valence-corrected chi connectivity index (χ4v) is 1.73. The Labute approximate surface area is 82.6 Å². The molecule has 2 N–H and O–H groups in total. The minimum atomic E-state index is 0.172. The van der Waals surface area contributed by atoms with Crippen molar-refractivity contribution in [3.05, 3.63) is 11.4 Å². The summed E-state index contributed by atoms with van der Waals surface area (Å²) in [5.74, 6) is 0. The maximum absolute atomic E-state index is 5.87. The molecule has 1 fully saturated rings. The van der Waals surface area contributed by atoms with Crippen molar-refractivity contribution in [2.24, 2.45) is 5.73 Å². The molecule has 0 radical (unpaired) electrons. The Hall–Kier alpha value is -0.940. The summed E-state index contributed by atoms with van der Waals surface area (Å²) < 4.78 is 10.2. The van der Waals surface area contributed by atoms with E-state index in [1.54, 1.807) is 0 Å². The fraction of sp³-hybridized carbons (Fsp3) is 0.778. The average molecular weight is 197 g/mol. The van der Waals surface area contributed by atoms with Crippen LogP contribution in [-0.2, 0) is 11.3 Å². The van der Waals surface area contributed by atoms with Gasteiger partial charge in [-0.3, -0.25) is 0 Å². The molecule has 1 heterocycles. The summed E-state index contributed by atoms with van der Waals surface area (Å²) in [7, 11) is 0. The van der Waals surface area contributed by atoms with Gasteiger partial charge in [-0.05, 0) is 26.2 Å². The lowest BCUT2D eigenvalue weighted by atomic mass is 10.2. The number of rotatable bonds is 3. The second-order valence-electron chi connectivity index (χ2n) is 3.74. The molecule has 0 saturated heterocycles. The number of aryl methyl sites for hydroxylation is 1. The molecule has 1 aliphatic carbocycles. The van der Waals surface area contributed by atoms with Gasteiger partial charge >= 0.3 is 0 Å². The van der Waals surface area contributed by atoms with E-state index in [1.807, 2.05) is 6.92 Å². The quantitative estimate of drug-likeness (QED) is 0.774. The molecule has 0 bridgehead atoms. The first-order valence-corrected chi connectivity index (χ1v) is 4.92. The van der Waals surface area contributed by atoms with E-state index < -0.39 is 0 Å². The third kappa shape index (κ3) is 1.93. The van der Waals surface area contributed by atoms with E-state index in [1.165, 1.54) is 0 Å². The molecule has 78 valence electrons. The lowest BCUT2D eigenvalue weighted by Crippen LogP contribution is -2.31. The molecule has 5 nitrogen and oxygen atoms in total. The molecule has 1 aromatic rings. The number of aromatic nitrogens is 2. The van der Waals surface area contributed by atoms with Crippen molar-refractivity contribution >= 4 is 0 Å². The van der Waals surface area contributed by atoms with Crippen LogP contribution >= 0.6 is 0 Å². The Bertz CT molecular complexity index is 300. The highest BCUT2D eigenvalue weighted by Gasteiger charge is 2.24. The molecule has 14 heavy (non-hydrogen) atoms. The van der Waals surface area contributed by atoms with Crippen molar-refractivity contribution in [2.75, 3.05) is 0 Å². The minimum absolute atomic E-state index is 0.172. The van der Waals surface area contributed by atoms with Crippen molar-refractivity contribution in [2.45, 2.75) is 44.9 Å². The summed E-state index contributed by atoms with van der Waals surface area (Å²) in [6, 6.07) is 0.176. The molecule has 1 aliphatic rings. The van der Waals surface area contributed by atoms with Gasteiger partial charge in [-0.25, -0.2) is 4.63 Å². The van der Waals surface area contributed by atoms with Crippen LogP contribution in [-0.4, -0.2) is 22.5 Å². The van der Waals surface area contributed by atoms with Crippen molar-refractivity contribution in [1.29, 1.82) is 0 Å². The van der Waals surface area contributed by atoms with Gasteiger partial charge in [0, 0.05) is 6.04 Å². The second-order valence-corrected chi connectivity index (χ2v) is 3.74. The predicted octanol–water partition coefficient (Wildman–Crippen LogP) is 0.774. The van der Waals surface area contributed by atoms with Crippen LogP contribution in [0.15, 0.2) is 4.63 Å². The van der Waals surface area contributed by atoms with Crippen molar-refractivity contribution in [3.63, 3.8) is 0 Å². The van der Waals surface area contributed by atoms with Gasteiger partial charge in [-0.2, -0.15) is 0 Å². The van der Waals surface area contributed by atoms with Crippen LogP contribution in [0.1, 0.15) is 30.7 Å². The van der Waals surface area contributed by atoms with Gasteiger partial charge in [-0.15, -0.1) is 0 Å². The summed E-state index contributed by atoms with van der Waals surface area (Å²) in [6.07, 6.45) is 3.43. The first-order chi connectivity index (χ1) is 6.77. The summed E-state index contributed by atoms with van der Waals surface area (Å²) in [5, 5.41) is 7.43. The molecule has 2 rings (SSSR count). The SMILES string of the molecule is Cc1nonc1COC1CCCC1N. The molecular formula is C9H15N3O2. The third-order valence-corrected chi connectivity index (χ3v) is 2.68. The van der Waals surface area contributed by atoms with Gasteiger partial charge in [0.05, 0.1) is 12.7 Å². The Morgan fingerprint density at radius 1 is 1.50 bits per heavy atom. The summed E-state index contributed by atoms with van der Waals surface area (Å²) in [4.78, 5) is 0. The molecule has 0 spiro atoms. The summed E-state index contributed by atoms with van der Waals surface area (Å²) in [6.45, 7) is 2.30. The largest absolute Gasteiger partial charge is 0.370 e. The van der Waals surface area contributed by atoms with Crippen LogP contribution in [0, 0.1) is 6.92 Å². The van der Waals surface area contributed by atoms with E-state index in [0.29, 0.717) is 6.61 Å². The van der Waals surface area contributed by atoms with Crippen LogP contribution in [0.5, 0.6) is 0 Å². The van der Waals surface area contributed by atoms with Crippen LogP contribution in [0.3, 0.4) is 0 Å². The van der Waals surface area contributed by atoms with Gasteiger partial charge in [0.1, 0.15) is 11.4 Å². The van der Waals surface area contributed by atoms with Gasteiger partial charge in [-0.1, -0.05) is 10.3 Å². The fourth-order valence-electron chi connectivity index (χ4n) is 1.73. The average Bonchev–Trinajstić information content (AvgIpc) is 2.72. The molecule has 5 heteroatoms. The zero-order chi connectivity index (χ0) is 9.97. The Kier molecular flexibility index (Phi) is 2.79. The Morgan fingerprint density at radius 3 is 2.93 bits per heavy atom. The first-order valence-electron chi connectivity index (χ1n) is 4.92. The highest BCUT2D eigenvalue weighted by Crippen LogP contribution is 2.21. The molecule has 0 aliphatic heterocycles. The highest BCUT2D eigenvalue weighted by atomic mass is 16.6.